The molecule has 0 bridgehead atoms. The summed E-state index contributed by atoms with van der Waals surface area (Å²) in [4.78, 5) is 17.0. The van der Waals surface area contributed by atoms with E-state index in [9.17, 15) is 13.6 Å². The highest BCUT2D eigenvalue weighted by molar-refractivity contribution is 5.57. The van der Waals surface area contributed by atoms with Gasteiger partial charge in [-0.2, -0.15) is 13.8 Å². The summed E-state index contributed by atoms with van der Waals surface area (Å²) in [6, 6.07) is 6.55. The second-order valence-electron chi connectivity index (χ2n) is 3.77. The number of hydrogen-bond acceptors (Lipinski definition) is 5. The number of para-hydroxylation sites is 1. The molecule has 7 heteroatoms. The Balaban J connectivity index is 0.000000677. The first-order valence-corrected chi connectivity index (χ1v) is 5.89. The summed E-state index contributed by atoms with van der Waals surface area (Å²) < 4.78 is 35.6. The third-order valence-corrected chi connectivity index (χ3v) is 2.20. The molecule has 0 aliphatic heterocycles. The normalized spacial score (nSPS) is 9.52. The van der Waals surface area contributed by atoms with E-state index in [1.807, 2.05) is 0 Å². The maximum Gasteiger partial charge on any atom is 0.262 e. The van der Waals surface area contributed by atoms with Crippen molar-refractivity contribution in [3.05, 3.63) is 47.9 Å². The lowest BCUT2D eigenvalue weighted by Gasteiger charge is -2.08. The number of rotatable bonds is 4. The molecule has 112 valence electrons. The lowest BCUT2D eigenvalue weighted by molar-refractivity contribution is -0.107. The van der Waals surface area contributed by atoms with Gasteiger partial charge in [0.1, 0.15) is 18.4 Å². The predicted octanol–water partition coefficient (Wildman–Crippen LogP) is 2.55. The van der Waals surface area contributed by atoms with E-state index in [1.54, 1.807) is 32.4 Å². The summed E-state index contributed by atoms with van der Waals surface area (Å²) in [5, 5.41) is 0. The molecule has 0 saturated heterocycles. The summed E-state index contributed by atoms with van der Waals surface area (Å²) in [5.74, 6) is -2.81. The van der Waals surface area contributed by atoms with E-state index in [0.29, 0.717) is 11.8 Å². The maximum atomic E-state index is 13.3. The Labute approximate surface area is 120 Å². The van der Waals surface area contributed by atoms with Crippen LogP contribution in [0.25, 0.3) is 0 Å². The highest BCUT2D eigenvalue weighted by atomic mass is 19.2. The first-order chi connectivity index (χ1) is 10.1. The van der Waals surface area contributed by atoms with Crippen molar-refractivity contribution < 1.29 is 23.0 Å². The number of carbonyl (C=O) groups is 1. The number of halogens is 2. The van der Waals surface area contributed by atoms with E-state index in [1.165, 1.54) is 6.07 Å². The number of aldehydes is 1. The van der Waals surface area contributed by atoms with Crippen molar-refractivity contribution in [2.45, 2.75) is 6.42 Å². The molecule has 0 unspecified atom stereocenters. The molecule has 0 radical (unpaired) electrons. The van der Waals surface area contributed by atoms with Crippen LogP contribution in [0.4, 0.5) is 8.78 Å². The molecular weight excluding hydrogens is 282 g/mol. The van der Waals surface area contributed by atoms with Crippen LogP contribution >= 0.6 is 0 Å². The van der Waals surface area contributed by atoms with Crippen molar-refractivity contribution in [1.82, 2.24) is 9.97 Å². The molecule has 0 atom stereocenters. The molecule has 21 heavy (non-hydrogen) atoms. The van der Waals surface area contributed by atoms with Crippen LogP contribution in [0.2, 0.25) is 0 Å². The molecule has 2 rings (SSSR count). The summed E-state index contributed by atoms with van der Waals surface area (Å²) >= 11 is 0. The van der Waals surface area contributed by atoms with E-state index in [0.717, 1.165) is 6.33 Å². The maximum absolute atomic E-state index is 13.3. The van der Waals surface area contributed by atoms with Gasteiger partial charge in [-0.3, -0.25) is 0 Å². The largest absolute Gasteiger partial charge is 0.436 e. The molecule has 0 amide bonds. The van der Waals surface area contributed by atoms with Gasteiger partial charge in [0.15, 0.2) is 0 Å². The molecular formula is C14H14F2N2O3. The van der Waals surface area contributed by atoms with E-state index >= 15 is 0 Å². The fourth-order valence-electron chi connectivity index (χ4n) is 1.37. The van der Waals surface area contributed by atoms with Crippen LogP contribution in [-0.4, -0.2) is 30.5 Å². The summed E-state index contributed by atoms with van der Waals surface area (Å²) in [6.07, 6.45) is 1.67. The van der Waals surface area contributed by atoms with Gasteiger partial charge < -0.3 is 14.3 Å². The van der Waals surface area contributed by atoms with Crippen molar-refractivity contribution >= 4 is 6.29 Å². The topological polar surface area (TPSA) is 61.3 Å². The quantitative estimate of drug-likeness (QED) is 0.641. The SMILES string of the molecule is COC.O=CCc1ccccc1Oc1ncnc(F)c1F. The number of carbonyl (C=O) groups excluding carboxylic acids is 1. The molecule has 0 spiro atoms. The Kier molecular flexibility index (Phi) is 6.90. The van der Waals surface area contributed by atoms with Gasteiger partial charge in [-0.15, -0.1) is 0 Å². The highest BCUT2D eigenvalue weighted by Crippen LogP contribution is 2.25. The molecule has 1 heterocycles. The molecule has 0 aliphatic rings. The Bertz CT molecular complexity index is 594. The van der Waals surface area contributed by atoms with Crippen LogP contribution in [-0.2, 0) is 16.0 Å². The van der Waals surface area contributed by atoms with Gasteiger partial charge in [0.2, 0.25) is 5.82 Å². The highest BCUT2D eigenvalue weighted by Gasteiger charge is 2.14. The van der Waals surface area contributed by atoms with Crippen LogP contribution in [0.5, 0.6) is 11.6 Å². The van der Waals surface area contributed by atoms with E-state index in [4.69, 9.17) is 4.74 Å². The van der Waals surface area contributed by atoms with Crippen molar-refractivity contribution in [3.8, 4) is 11.6 Å². The van der Waals surface area contributed by atoms with Crippen LogP contribution in [0.3, 0.4) is 0 Å². The molecule has 1 aromatic heterocycles. The molecule has 0 fully saturated rings. The second-order valence-corrected chi connectivity index (χ2v) is 3.77. The number of nitrogens with zero attached hydrogens (tertiary/aromatic N) is 2. The van der Waals surface area contributed by atoms with Gasteiger partial charge in [0.05, 0.1) is 0 Å². The first-order valence-electron chi connectivity index (χ1n) is 5.89. The average Bonchev–Trinajstić information content (AvgIpc) is 2.47. The van der Waals surface area contributed by atoms with Gasteiger partial charge in [-0.05, 0) is 6.07 Å². The van der Waals surface area contributed by atoms with Crippen molar-refractivity contribution in [3.63, 3.8) is 0 Å². The number of aromatic nitrogens is 2. The average molecular weight is 296 g/mol. The predicted molar refractivity (Wildman–Crippen MR) is 71.2 cm³/mol. The first kappa shape index (κ1) is 16.6. The molecule has 0 saturated carbocycles. The number of benzene rings is 1. The fraction of sp³-hybridized carbons (Fsp3) is 0.214. The summed E-state index contributed by atoms with van der Waals surface area (Å²) in [6.45, 7) is 0. The number of methoxy groups -OCH3 is 1. The van der Waals surface area contributed by atoms with Crippen molar-refractivity contribution in [2.24, 2.45) is 0 Å². The van der Waals surface area contributed by atoms with Gasteiger partial charge in [-0.1, -0.05) is 18.2 Å². The van der Waals surface area contributed by atoms with Gasteiger partial charge >= 0.3 is 0 Å². The third kappa shape index (κ3) is 4.88. The monoisotopic (exact) mass is 296 g/mol. The Morgan fingerprint density at radius 1 is 1.19 bits per heavy atom. The van der Waals surface area contributed by atoms with Crippen molar-refractivity contribution in [2.75, 3.05) is 14.2 Å². The zero-order chi connectivity index (χ0) is 15.7. The number of ether oxygens (including phenoxy) is 2. The fourth-order valence-corrected chi connectivity index (χ4v) is 1.37. The minimum Gasteiger partial charge on any atom is -0.436 e. The van der Waals surface area contributed by atoms with Crippen LogP contribution in [0, 0.1) is 11.8 Å². The van der Waals surface area contributed by atoms with Gasteiger partial charge in [-0.25, -0.2) is 4.98 Å². The van der Waals surface area contributed by atoms with Crippen molar-refractivity contribution in [1.29, 1.82) is 0 Å². The molecule has 0 N–H and O–H groups in total. The number of hydrogen-bond donors (Lipinski definition) is 0. The Morgan fingerprint density at radius 2 is 1.86 bits per heavy atom. The molecule has 2 aromatic rings. The molecule has 1 aromatic carbocycles. The van der Waals surface area contributed by atoms with Crippen LogP contribution in [0.1, 0.15) is 5.56 Å². The van der Waals surface area contributed by atoms with E-state index in [-0.39, 0.29) is 12.2 Å². The Hall–Kier alpha value is -2.41. The zero-order valence-electron chi connectivity index (χ0n) is 11.5. The lowest BCUT2D eigenvalue weighted by atomic mass is 10.1. The third-order valence-electron chi connectivity index (χ3n) is 2.20. The standard InChI is InChI=1S/C12H8F2N2O2.C2H6O/c13-10-11(14)15-7-16-12(10)18-9-4-2-1-3-8(9)5-6-17;1-3-2/h1-4,6-7H,5H2;1-2H3. The van der Waals surface area contributed by atoms with E-state index < -0.39 is 17.6 Å². The molecule has 5 nitrogen and oxygen atoms in total. The molecule has 0 aliphatic carbocycles. The zero-order valence-corrected chi connectivity index (χ0v) is 11.5. The lowest BCUT2D eigenvalue weighted by Crippen LogP contribution is -1.99. The van der Waals surface area contributed by atoms with Crippen LogP contribution in [0.15, 0.2) is 30.6 Å². The second kappa shape index (κ2) is 8.70. The summed E-state index contributed by atoms with van der Waals surface area (Å²) in [7, 11) is 3.25. The smallest absolute Gasteiger partial charge is 0.262 e. The summed E-state index contributed by atoms with van der Waals surface area (Å²) in [5.41, 5.74) is 0.561. The minimum atomic E-state index is -1.28. The van der Waals surface area contributed by atoms with E-state index in [2.05, 4.69) is 14.7 Å². The Morgan fingerprint density at radius 3 is 2.52 bits per heavy atom. The van der Waals surface area contributed by atoms with Gasteiger partial charge in [0.25, 0.3) is 11.8 Å². The van der Waals surface area contributed by atoms with Gasteiger partial charge in [0, 0.05) is 26.2 Å². The van der Waals surface area contributed by atoms with Crippen LogP contribution < -0.4 is 4.74 Å². The minimum absolute atomic E-state index is 0.116.